The number of benzene rings is 3. The Morgan fingerprint density at radius 2 is 1.71 bits per heavy atom. The van der Waals surface area contributed by atoms with Crippen LogP contribution >= 0.6 is 0 Å². The molecule has 1 aliphatic carbocycles. The fourth-order valence-corrected chi connectivity index (χ4v) is 4.63. The standard InChI is InChI=1S/C28H31NO2/c30-24-11-15-27-23(20-24)10-14-26(21-6-2-1-3-7-21)28(27)22-8-12-25(13-9-22)31-19-18-29-16-4-5-17-29/h1-3,6-9,11-13,15,20,26,28,30H,4-5,10,14,16-19H2/t26-,28+/m1/s1/i4D2,5D2,16D2,17D2. The van der Waals surface area contributed by atoms with Gasteiger partial charge >= 0.3 is 0 Å². The molecule has 31 heavy (non-hydrogen) atoms. The number of phenols is 1. The third-order valence-electron chi connectivity index (χ3n) is 6.08. The minimum Gasteiger partial charge on any atom is -0.508 e. The van der Waals surface area contributed by atoms with Crippen molar-refractivity contribution in [2.45, 2.75) is 37.4 Å². The number of rotatable bonds is 6. The second-order valence-corrected chi connectivity index (χ2v) is 7.96. The molecule has 160 valence electrons. The van der Waals surface area contributed by atoms with E-state index in [-0.39, 0.29) is 30.7 Å². The summed E-state index contributed by atoms with van der Waals surface area (Å²) in [6.45, 7) is -6.20. The fraction of sp³-hybridized carbons (Fsp3) is 0.357. The quantitative estimate of drug-likeness (QED) is 0.552. The Balaban J connectivity index is 1.35. The van der Waals surface area contributed by atoms with Gasteiger partial charge in [0.05, 0.1) is 0 Å². The summed E-state index contributed by atoms with van der Waals surface area (Å²) in [6, 6.07) is 23.5. The van der Waals surface area contributed by atoms with Crippen molar-refractivity contribution in [2.75, 3.05) is 26.1 Å². The van der Waals surface area contributed by atoms with E-state index in [0.29, 0.717) is 10.6 Å². The molecule has 2 atom stereocenters. The van der Waals surface area contributed by atoms with Crippen molar-refractivity contribution >= 4 is 0 Å². The van der Waals surface area contributed by atoms with E-state index in [4.69, 9.17) is 15.7 Å². The van der Waals surface area contributed by atoms with Gasteiger partial charge in [-0.2, -0.15) is 0 Å². The summed E-state index contributed by atoms with van der Waals surface area (Å²) in [4.78, 5) is 0.577. The number of aromatic hydroxyl groups is 1. The van der Waals surface area contributed by atoms with Gasteiger partial charge in [0.2, 0.25) is 0 Å². The van der Waals surface area contributed by atoms with Crippen LogP contribution < -0.4 is 4.74 Å². The van der Waals surface area contributed by atoms with E-state index >= 15 is 0 Å². The molecule has 3 aromatic carbocycles. The molecular formula is C28H31NO2. The second-order valence-electron chi connectivity index (χ2n) is 7.96. The van der Waals surface area contributed by atoms with E-state index in [0.717, 1.165) is 24.0 Å². The summed E-state index contributed by atoms with van der Waals surface area (Å²) in [5.74, 6) is 1.06. The molecule has 0 unspecified atom stereocenters. The maximum atomic E-state index is 10.0. The zero-order chi connectivity index (χ0) is 28.2. The van der Waals surface area contributed by atoms with Gasteiger partial charge in [0, 0.05) is 23.4 Å². The molecule has 0 saturated carbocycles. The van der Waals surface area contributed by atoms with E-state index < -0.39 is 25.7 Å². The van der Waals surface area contributed by atoms with Crippen LogP contribution in [0.4, 0.5) is 0 Å². The Hall–Kier alpha value is -2.78. The van der Waals surface area contributed by atoms with Crippen LogP contribution in [0.1, 0.15) is 64.2 Å². The molecule has 0 radical (unpaired) electrons. The van der Waals surface area contributed by atoms with Gasteiger partial charge < -0.3 is 9.84 Å². The van der Waals surface area contributed by atoms with Crippen LogP contribution in [0.5, 0.6) is 11.5 Å². The first-order valence-electron chi connectivity index (χ1n) is 14.7. The van der Waals surface area contributed by atoms with Gasteiger partial charge in [-0.1, -0.05) is 48.5 Å². The first kappa shape index (κ1) is 12.9. The summed E-state index contributed by atoms with van der Waals surface area (Å²) in [5, 5.41) is 10.0. The van der Waals surface area contributed by atoms with Gasteiger partial charge in [0.25, 0.3) is 0 Å². The van der Waals surface area contributed by atoms with Gasteiger partial charge in [-0.25, -0.2) is 0 Å². The second kappa shape index (κ2) is 9.15. The lowest BCUT2D eigenvalue weighted by Gasteiger charge is -2.35. The molecule has 3 nitrogen and oxygen atoms in total. The number of fused-ring (bicyclic) bond motifs is 1. The lowest BCUT2D eigenvalue weighted by atomic mass is 9.69. The third-order valence-corrected chi connectivity index (χ3v) is 6.08. The Morgan fingerprint density at radius 1 is 0.935 bits per heavy atom. The topological polar surface area (TPSA) is 32.7 Å². The molecule has 3 heteroatoms. The minimum absolute atomic E-state index is 0.0688. The predicted octanol–water partition coefficient (Wildman–Crippen LogP) is 5.73. The highest BCUT2D eigenvalue weighted by Gasteiger charge is 2.32. The molecule has 0 spiro atoms. The number of nitrogens with zero attached hydrogens (tertiary/aromatic N) is 1. The molecule has 0 amide bonds. The van der Waals surface area contributed by atoms with Gasteiger partial charge in [0.1, 0.15) is 18.1 Å². The Labute approximate surface area is 196 Å². The Bertz CT molecular complexity index is 1310. The molecule has 2 aliphatic rings. The molecule has 1 fully saturated rings. The van der Waals surface area contributed by atoms with Crippen molar-refractivity contribution < 1.29 is 20.8 Å². The maximum Gasteiger partial charge on any atom is 0.119 e. The monoisotopic (exact) mass is 421 g/mol. The zero-order valence-electron chi connectivity index (χ0n) is 25.2. The smallest absolute Gasteiger partial charge is 0.119 e. The molecule has 0 bridgehead atoms. The average Bonchev–Trinajstić information content (AvgIpc) is 2.96. The number of aryl methyl sites for hydroxylation is 1. The molecule has 3 aromatic rings. The van der Waals surface area contributed by atoms with E-state index in [1.165, 1.54) is 11.1 Å². The highest BCUT2D eigenvalue weighted by molar-refractivity contribution is 5.48. The Morgan fingerprint density at radius 3 is 2.48 bits per heavy atom. The van der Waals surface area contributed by atoms with Crippen LogP contribution in [-0.4, -0.2) is 36.2 Å². The normalized spacial score (nSPS) is 31.4. The molecule has 1 saturated heterocycles. The van der Waals surface area contributed by atoms with E-state index in [2.05, 4.69) is 12.1 Å². The van der Waals surface area contributed by atoms with Crippen molar-refractivity contribution in [3.05, 3.63) is 95.1 Å². The summed E-state index contributed by atoms with van der Waals surface area (Å²) in [7, 11) is 0. The molecule has 1 heterocycles. The molecular weight excluding hydrogens is 382 g/mol. The number of ether oxygens (including phenoxy) is 1. The van der Waals surface area contributed by atoms with Gasteiger partial charge in [-0.05, 0) is 91.0 Å². The van der Waals surface area contributed by atoms with Gasteiger partial charge in [0.15, 0.2) is 0 Å². The van der Waals surface area contributed by atoms with E-state index in [1.807, 2.05) is 42.5 Å². The highest BCUT2D eigenvalue weighted by Crippen LogP contribution is 2.47. The first-order valence-corrected chi connectivity index (χ1v) is 10.7. The van der Waals surface area contributed by atoms with Crippen LogP contribution in [0.15, 0.2) is 72.8 Å². The number of likely N-dealkylation sites (tertiary alicyclic amines) is 1. The van der Waals surface area contributed by atoms with Crippen molar-refractivity contribution in [3.8, 4) is 11.5 Å². The van der Waals surface area contributed by atoms with Crippen molar-refractivity contribution in [1.82, 2.24) is 4.90 Å². The number of hydrogen-bond donors (Lipinski definition) is 1. The highest BCUT2D eigenvalue weighted by atomic mass is 16.5. The largest absolute Gasteiger partial charge is 0.508 e. The summed E-state index contributed by atoms with van der Waals surface area (Å²) in [6.07, 6.45) is -4.29. The van der Waals surface area contributed by atoms with Crippen molar-refractivity contribution in [3.63, 3.8) is 0 Å². The van der Waals surface area contributed by atoms with Gasteiger partial charge in [-0.3, -0.25) is 4.90 Å². The van der Waals surface area contributed by atoms with Crippen LogP contribution in [-0.2, 0) is 6.42 Å². The number of hydrogen-bond acceptors (Lipinski definition) is 3. The van der Waals surface area contributed by atoms with Gasteiger partial charge in [-0.15, -0.1) is 0 Å². The van der Waals surface area contributed by atoms with E-state index in [9.17, 15) is 5.11 Å². The SMILES string of the molecule is [2H]C1([2H])N(CCOc2ccc([C@@H]3c4ccc(O)cc4CC[C@@H]3c3ccccc3)cc2)C([2H])([2H])C([2H])([2H])C1([2H])[2H]. The molecule has 1 N–H and O–H groups in total. The lowest BCUT2D eigenvalue weighted by Crippen LogP contribution is -2.25. The fourth-order valence-electron chi connectivity index (χ4n) is 4.63. The number of phenolic OH excluding ortho intramolecular Hbond substituents is 1. The summed E-state index contributed by atoms with van der Waals surface area (Å²) < 4.78 is 69.9. The average molecular weight is 422 g/mol. The molecule has 1 aliphatic heterocycles. The van der Waals surface area contributed by atoms with Crippen LogP contribution in [0.25, 0.3) is 0 Å². The third kappa shape index (κ3) is 4.47. The lowest BCUT2D eigenvalue weighted by molar-refractivity contribution is 0.237. The zero-order valence-corrected chi connectivity index (χ0v) is 17.2. The molecule has 5 rings (SSSR count). The van der Waals surface area contributed by atoms with Crippen molar-refractivity contribution in [2.24, 2.45) is 0 Å². The minimum atomic E-state index is -3.05. The summed E-state index contributed by atoms with van der Waals surface area (Å²) >= 11 is 0. The van der Waals surface area contributed by atoms with Crippen LogP contribution in [0.2, 0.25) is 0 Å². The maximum absolute atomic E-state index is 10.0. The molecule has 0 aromatic heterocycles. The predicted molar refractivity (Wildman–Crippen MR) is 125 cm³/mol. The van der Waals surface area contributed by atoms with Crippen LogP contribution in [0, 0.1) is 0 Å². The Kier molecular flexibility index (Phi) is 3.82. The summed E-state index contributed by atoms with van der Waals surface area (Å²) in [5.41, 5.74) is 4.62. The first-order chi connectivity index (χ1) is 18.3. The van der Waals surface area contributed by atoms with E-state index in [1.54, 1.807) is 18.2 Å². The van der Waals surface area contributed by atoms with Crippen molar-refractivity contribution in [1.29, 1.82) is 0 Å². The van der Waals surface area contributed by atoms with Crippen LogP contribution in [0.3, 0.4) is 0 Å².